The van der Waals surface area contributed by atoms with E-state index in [9.17, 15) is 4.39 Å². The highest BCUT2D eigenvalue weighted by molar-refractivity contribution is 6.11. The average molecular weight is 329 g/mol. The minimum absolute atomic E-state index is 0.215. The first-order chi connectivity index (χ1) is 11.3. The quantitative estimate of drug-likeness (QED) is 0.505. The van der Waals surface area contributed by atoms with E-state index in [1.807, 2.05) is 6.92 Å². The van der Waals surface area contributed by atoms with Crippen LogP contribution in [0.1, 0.15) is 24.6 Å². The molecule has 6 heteroatoms. The van der Waals surface area contributed by atoms with E-state index in [4.69, 9.17) is 11.1 Å². The van der Waals surface area contributed by atoms with Crippen molar-refractivity contribution in [1.82, 2.24) is 9.88 Å². The van der Waals surface area contributed by atoms with Gasteiger partial charge >= 0.3 is 0 Å². The molecule has 1 aliphatic carbocycles. The fraction of sp³-hybridized carbons (Fsp3) is 0.500. The van der Waals surface area contributed by atoms with E-state index in [2.05, 4.69) is 22.1 Å². The van der Waals surface area contributed by atoms with Gasteiger partial charge in [0.15, 0.2) is 0 Å². The number of anilines is 1. The number of hydrogen-bond donors (Lipinski definition) is 4. The molecule has 1 aliphatic heterocycles. The highest BCUT2D eigenvalue weighted by Crippen LogP contribution is 2.51. The van der Waals surface area contributed by atoms with Gasteiger partial charge in [0.1, 0.15) is 11.7 Å². The first kappa shape index (κ1) is 15.4. The molecule has 1 saturated carbocycles. The minimum Gasteiger partial charge on any atom is -0.386 e. The number of nitrogens with one attached hydrogen (secondary N) is 3. The predicted octanol–water partition coefficient (Wildman–Crippen LogP) is 2.65. The van der Waals surface area contributed by atoms with Gasteiger partial charge < -0.3 is 20.9 Å². The van der Waals surface area contributed by atoms with Crippen LogP contribution < -0.4 is 11.1 Å². The largest absolute Gasteiger partial charge is 0.386 e. The molecule has 3 atom stereocenters. The van der Waals surface area contributed by atoms with E-state index < -0.39 is 0 Å². The lowest BCUT2D eigenvalue weighted by Gasteiger charge is -2.46. The van der Waals surface area contributed by atoms with Gasteiger partial charge in [0, 0.05) is 42.8 Å². The van der Waals surface area contributed by atoms with Crippen molar-refractivity contribution in [2.45, 2.75) is 26.3 Å². The number of aryl methyl sites for hydroxylation is 1. The number of H-pyrrole nitrogens is 1. The minimum atomic E-state index is -0.296. The average Bonchev–Trinajstić information content (AvgIpc) is 2.99. The first-order valence-electron chi connectivity index (χ1n) is 8.43. The Labute approximate surface area is 140 Å². The SMILES string of the molecule is CNc1cc(F)cc2c(C(=N)N3CC4C(N)CC4(C)C3)c(C)[nH]c12. The number of hydrogen-bond acceptors (Lipinski definition) is 3. The maximum atomic E-state index is 14.0. The van der Waals surface area contributed by atoms with Crippen molar-refractivity contribution in [3.05, 3.63) is 29.2 Å². The number of aromatic amines is 1. The Balaban J connectivity index is 1.75. The molecule has 0 bridgehead atoms. The standard InChI is InChI=1S/C18H24FN5/c1-9-15(11-4-10(19)5-14(22-3)16(11)23-9)17(21)24-7-12-13(20)6-18(12,2)8-24/h4-5,12-13,21-23H,6-8,20H2,1-3H3. The molecule has 0 amide bonds. The molecule has 1 aromatic carbocycles. The van der Waals surface area contributed by atoms with Crippen LogP contribution >= 0.6 is 0 Å². The van der Waals surface area contributed by atoms with Gasteiger partial charge in [0.05, 0.1) is 11.2 Å². The molecule has 2 heterocycles. The Hall–Kier alpha value is -2.08. The van der Waals surface area contributed by atoms with Gasteiger partial charge in [0.25, 0.3) is 0 Å². The zero-order valence-corrected chi connectivity index (χ0v) is 14.3. The summed E-state index contributed by atoms with van der Waals surface area (Å²) in [5.74, 6) is 0.623. The van der Waals surface area contributed by atoms with Gasteiger partial charge in [-0.15, -0.1) is 0 Å². The molecule has 1 aromatic heterocycles. The van der Waals surface area contributed by atoms with Crippen LogP contribution in [0.15, 0.2) is 12.1 Å². The molecular weight excluding hydrogens is 305 g/mol. The predicted molar refractivity (Wildman–Crippen MR) is 95.1 cm³/mol. The second kappa shape index (κ2) is 4.96. The summed E-state index contributed by atoms with van der Waals surface area (Å²) in [4.78, 5) is 5.42. The second-order valence-electron chi connectivity index (χ2n) is 7.61. The van der Waals surface area contributed by atoms with Crippen molar-refractivity contribution in [3.8, 4) is 0 Å². The number of aromatic nitrogens is 1. The molecule has 2 fully saturated rings. The molecule has 5 N–H and O–H groups in total. The molecule has 4 rings (SSSR count). The van der Waals surface area contributed by atoms with E-state index >= 15 is 0 Å². The van der Waals surface area contributed by atoms with Crippen LogP contribution in [0.4, 0.5) is 10.1 Å². The van der Waals surface area contributed by atoms with Crippen molar-refractivity contribution in [2.75, 3.05) is 25.5 Å². The van der Waals surface area contributed by atoms with Gasteiger partial charge in [-0.25, -0.2) is 4.39 Å². The van der Waals surface area contributed by atoms with E-state index in [-0.39, 0.29) is 17.3 Å². The molecule has 0 spiro atoms. The molecule has 2 aromatic rings. The van der Waals surface area contributed by atoms with Gasteiger partial charge in [0.2, 0.25) is 0 Å². The number of halogens is 1. The fourth-order valence-corrected chi connectivity index (χ4v) is 4.69. The van der Waals surface area contributed by atoms with Crippen LogP contribution in [0.25, 0.3) is 10.9 Å². The summed E-state index contributed by atoms with van der Waals surface area (Å²) in [6, 6.07) is 3.23. The Morgan fingerprint density at radius 3 is 2.88 bits per heavy atom. The summed E-state index contributed by atoms with van der Waals surface area (Å²) < 4.78 is 14.0. The van der Waals surface area contributed by atoms with Gasteiger partial charge in [-0.1, -0.05) is 6.92 Å². The number of fused-ring (bicyclic) bond motifs is 2. The number of likely N-dealkylation sites (tertiary alicyclic amines) is 1. The third kappa shape index (κ3) is 1.99. The van der Waals surface area contributed by atoms with Crippen LogP contribution in [-0.4, -0.2) is 41.9 Å². The number of benzene rings is 1. The van der Waals surface area contributed by atoms with Crippen LogP contribution in [0.2, 0.25) is 0 Å². The van der Waals surface area contributed by atoms with E-state index in [1.54, 1.807) is 7.05 Å². The van der Waals surface area contributed by atoms with Crippen molar-refractivity contribution in [3.63, 3.8) is 0 Å². The first-order valence-corrected chi connectivity index (χ1v) is 8.43. The lowest BCUT2D eigenvalue weighted by atomic mass is 9.60. The Morgan fingerprint density at radius 1 is 1.50 bits per heavy atom. The number of amidine groups is 1. The monoisotopic (exact) mass is 329 g/mol. The normalized spacial score (nSPS) is 28.8. The molecule has 1 saturated heterocycles. The summed E-state index contributed by atoms with van der Waals surface area (Å²) in [5.41, 5.74) is 9.61. The van der Waals surface area contributed by atoms with Gasteiger partial charge in [-0.3, -0.25) is 5.41 Å². The third-order valence-corrected chi connectivity index (χ3v) is 5.97. The van der Waals surface area contributed by atoms with Gasteiger partial charge in [-0.05, 0) is 36.8 Å². The molecule has 128 valence electrons. The van der Waals surface area contributed by atoms with Crippen LogP contribution in [0.5, 0.6) is 0 Å². The lowest BCUT2D eigenvalue weighted by molar-refractivity contribution is 0.0764. The molecule has 24 heavy (non-hydrogen) atoms. The maximum Gasteiger partial charge on any atom is 0.130 e. The summed E-state index contributed by atoms with van der Waals surface area (Å²) in [7, 11) is 1.77. The number of nitrogens with two attached hydrogens (primary N) is 1. The summed E-state index contributed by atoms with van der Waals surface area (Å²) in [6.45, 7) is 5.87. The van der Waals surface area contributed by atoms with Crippen LogP contribution in [0, 0.1) is 29.5 Å². The smallest absolute Gasteiger partial charge is 0.130 e. The lowest BCUT2D eigenvalue weighted by Crippen LogP contribution is -2.53. The number of rotatable bonds is 2. The zero-order valence-electron chi connectivity index (χ0n) is 14.3. The number of nitrogens with zero attached hydrogens (tertiary/aromatic N) is 1. The molecule has 2 aliphatic rings. The Bertz CT molecular complexity index is 842. The Morgan fingerprint density at radius 2 is 2.25 bits per heavy atom. The van der Waals surface area contributed by atoms with Crippen LogP contribution in [-0.2, 0) is 0 Å². The van der Waals surface area contributed by atoms with Crippen molar-refractivity contribution < 1.29 is 4.39 Å². The van der Waals surface area contributed by atoms with E-state index in [0.29, 0.717) is 17.4 Å². The maximum absolute atomic E-state index is 14.0. The second-order valence-corrected chi connectivity index (χ2v) is 7.61. The molecule has 3 unspecified atom stereocenters. The third-order valence-electron chi connectivity index (χ3n) is 5.97. The highest BCUT2D eigenvalue weighted by Gasteiger charge is 2.55. The van der Waals surface area contributed by atoms with Gasteiger partial charge in [-0.2, -0.15) is 0 Å². The van der Waals surface area contributed by atoms with E-state index in [0.717, 1.165) is 41.7 Å². The van der Waals surface area contributed by atoms with Crippen molar-refractivity contribution >= 4 is 22.4 Å². The summed E-state index contributed by atoms with van der Waals surface area (Å²) in [5, 5.41) is 12.5. The summed E-state index contributed by atoms with van der Waals surface area (Å²) >= 11 is 0. The molecular formula is C18H24FN5. The van der Waals surface area contributed by atoms with Crippen LogP contribution in [0.3, 0.4) is 0 Å². The summed E-state index contributed by atoms with van der Waals surface area (Å²) in [6.07, 6.45) is 1.02. The zero-order chi connectivity index (χ0) is 17.2. The van der Waals surface area contributed by atoms with E-state index in [1.165, 1.54) is 12.1 Å². The fourth-order valence-electron chi connectivity index (χ4n) is 4.69. The van der Waals surface area contributed by atoms with Crippen molar-refractivity contribution in [1.29, 1.82) is 5.41 Å². The topological polar surface area (TPSA) is 80.9 Å². The highest BCUT2D eigenvalue weighted by atomic mass is 19.1. The Kier molecular flexibility index (Phi) is 3.19. The molecule has 0 radical (unpaired) electrons. The van der Waals surface area contributed by atoms with Crippen molar-refractivity contribution in [2.24, 2.45) is 17.1 Å². The molecule has 5 nitrogen and oxygen atoms in total.